The number of methoxy groups -OCH3 is 1. The molecule has 1 aliphatic heterocycles. The molecule has 0 radical (unpaired) electrons. The number of primary amides is 1. The number of benzene rings is 2. The molecule has 7 nitrogen and oxygen atoms in total. The number of carbonyl (C=O) groups is 1. The molecule has 9 heteroatoms. The van der Waals surface area contributed by atoms with Crippen LogP contribution in [0, 0.1) is 0 Å². The first-order valence-electron chi connectivity index (χ1n) is 8.31. The Morgan fingerprint density at radius 1 is 1.11 bits per heavy atom. The van der Waals surface area contributed by atoms with Gasteiger partial charge in [-0.2, -0.15) is 4.31 Å². The average Bonchev–Trinajstić information content (AvgIpc) is 2.67. The maximum atomic E-state index is 13.0. The zero-order valence-corrected chi connectivity index (χ0v) is 16.3. The maximum Gasteiger partial charge on any atom is 0.252 e. The minimum atomic E-state index is -3.74. The van der Waals surface area contributed by atoms with E-state index in [0.29, 0.717) is 31.2 Å². The number of nitrogens with two attached hydrogens (primary N) is 1. The van der Waals surface area contributed by atoms with Crippen molar-refractivity contribution in [2.24, 2.45) is 5.73 Å². The lowest BCUT2D eigenvalue weighted by molar-refractivity contribution is 0.0997. The highest BCUT2D eigenvalue weighted by Gasteiger charge is 2.29. The second kappa shape index (κ2) is 7.75. The second-order valence-electron chi connectivity index (χ2n) is 6.10. The van der Waals surface area contributed by atoms with Crippen LogP contribution in [-0.2, 0) is 10.0 Å². The molecule has 1 fully saturated rings. The van der Waals surface area contributed by atoms with Gasteiger partial charge in [-0.05, 0) is 36.4 Å². The summed E-state index contributed by atoms with van der Waals surface area (Å²) in [7, 11) is -2.35. The molecule has 0 bridgehead atoms. The van der Waals surface area contributed by atoms with E-state index in [-0.39, 0.29) is 16.2 Å². The lowest BCUT2D eigenvalue weighted by Crippen LogP contribution is -2.48. The van der Waals surface area contributed by atoms with Gasteiger partial charge in [0.05, 0.1) is 17.6 Å². The number of halogens is 1. The molecule has 1 saturated heterocycles. The molecule has 0 saturated carbocycles. The molecule has 2 aromatic carbocycles. The van der Waals surface area contributed by atoms with Gasteiger partial charge in [-0.3, -0.25) is 4.79 Å². The van der Waals surface area contributed by atoms with Crippen molar-refractivity contribution in [3.05, 3.63) is 53.1 Å². The minimum absolute atomic E-state index is 0.0216. The van der Waals surface area contributed by atoms with Crippen molar-refractivity contribution >= 4 is 33.2 Å². The van der Waals surface area contributed by atoms with Crippen LogP contribution in [0.4, 0.5) is 5.69 Å². The number of hydrogen-bond acceptors (Lipinski definition) is 5. The molecule has 2 aromatic rings. The lowest BCUT2D eigenvalue weighted by Gasteiger charge is -2.35. The molecule has 3 rings (SSSR count). The summed E-state index contributed by atoms with van der Waals surface area (Å²) in [5, 5.41) is 0.639. The van der Waals surface area contributed by atoms with Gasteiger partial charge in [0.25, 0.3) is 5.91 Å². The first-order chi connectivity index (χ1) is 12.8. The third-order valence-electron chi connectivity index (χ3n) is 4.49. The molecule has 1 aliphatic rings. The van der Waals surface area contributed by atoms with Gasteiger partial charge in [-0.25, -0.2) is 8.42 Å². The first-order valence-corrected chi connectivity index (χ1v) is 10.1. The number of piperazine rings is 1. The highest BCUT2D eigenvalue weighted by atomic mass is 35.5. The summed E-state index contributed by atoms with van der Waals surface area (Å²) in [5.41, 5.74) is 6.33. The van der Waals surface area contributed by atoms with Gasteiger partial charge in [-0.1, -0.05) is 17.7 Å². The van der Waals surface area contributed by atoms with Crippen LogP contribution in [0.25, 0.3) is 0 Å². The molecule has 0 unspecified atom stereocenters. The van der Waals surface area contributed by atoms with Crippen LogP contribution in [0.2, 0.25) is 5.02 Å². The standard InChI is InChI=1S/C18H20ClN3O4S/c1-26-17-6-5-15(12-16(17)18(20)23)27(24,25)22-9-7-21(8-10-22)14-4-2-3-13(19)11-14/h2-6,11-12H,7-10H2,1H3,(H2,20,23). The van der Waals surface area contributed by atoms with E-state index in [4.69, 9.17) is 22.1 Å². The highest BCUT2D eigenvalue weighted by Crippen LogP contribution is 2.26. The fourth-order valence-corrected chi connectivity index (χ4v) is 4.68. The normalized spacial score (nSPS) is 15.6. The van der Waals surface area contributed by atoms with E-state index >= 15 is 0 Å². The van der Waals surface area contributed by atoms with Crippen LogP contribution in [0.1, 0.15) is 10.4 Å². The van der Waals surface area contributed by atoms with Crippen LogP contribution in [-0.4, -0.2) is 51.9 Å². The van der Waals surface area contributed by atoms with Gasteiger partial charge >= 0.3 is 0 Å². The van der Waals surface area contributed by atoms with E-state index < -0.39 is 15.9 Å². The number of hydrogen-bond donors (Lipinski definition) is 1. The van der Waals surface area contributed by atoms with E-state index in [0.717, 1.165) is 5.69 Å². The molecule has 0 aromatic heterocycles. The fourth-order valence-electron chi connectivity index (χ4n) is 3.05. The molecule has 0 aliphatic carbocycles. The van der Waals surface area contributed by atoms with Gasteiger partial charge in [0, 0.05) is 36.9 Å². The summed E-state index contributed by atoms with van der Waals surface area (Å²) >= 11 is 6.03. The van der Waals surface area contributed by atoms with Crippen molar-refractivity contribution in [2.75, 3.05) is 38.2 Å². The average molecular weight is 410 g/mol. The summed E-state index contributed by atoms with van der Waals surface area (Å²) in [4.78, 5) is 13.7. The molecular weight excluding hydrogens is 390 g/mol. The van der Waals surface area contributed by atoms with Gasteiger partial charge in [0.1, 0.15) is 5.75 Å². The number of ether oxygens (including phenoxy) is 1. The summed E-state index contributed by atoms with van der Waals surface area (Å²) in [6.45, 7) is 1.73. The van der Waals surface area contributed by atoms with Gasteiger partial charge < -0.3 is 15.4 Å². The van der Waals surface area contributed by atoms with Gasteiger partial charge in [0.2, 0.25) is 10.0 Å². The predicted octanol–water partition coefficient (Wildman–Crippen LogP) is 1.96. The quantitative estimate of drug-likeness (QED) is 0.814. The zero-order valence-electron chi connectivity index (χ0n) is 14.8. The number of amides is 1. The van der Waals surface area contributed by atoms with Crippen molar-refractivity contribution in [1.82, 2.24) is 4.31 Å². The third kappa shape index (κ3) is 4.02. The van der Waals surface area contributed by atoms with Crippen molar-refractivity contribution in [1.29, 1.82) is 0 Å². The Hall–Kier alpha value is -2.29. The molecule has 144 valence electrons. The van der Waals surface area contributed by atoms with Gasteiger partial charge in [-0.15, -0.1) is 0 Å². The Balaban J connectivity index is 1.79. The van der Waals surface area contributed by atoms with Crippen molar-refractivity contribution in [3.63, 3.8) is 0 Å². The highest BCUT2D eigenvalue weighted by molar-refractivity contribution is 7.89. The molecule has 1 heterocycles. The number of anilines is 1. The number of nitrogens with zero attached hydrogens (tertiary/aromatic N) is 2. The number of carbonyl (C=O) groups excluding carboxylic acids is 1. The fraction of sp³-hybridized carbons (Fsp3) is 0.278. The summed E-state index contributed by atoms with van der Waals surface area (Å²) < 4.78 is 32.4. The SMILES string of the molecule is COc1ccc(S(=O)(=O)N2CCN(c3cccc(Cl)c3)CC2)cc1C(N)=O. The number of sulfonamides is 1. The Morgan fingerprint density at radius 3 is 2.41 bits per heavy atom. The first kappa shape index (κ1) is 19.5. The summed E-state index contributed by atoms with van der Waals surface area (Å²) in [6.07, 6.45) is 0. The maximum absolute atomic E-state index is 13.0. The Bertz CT molecular complexity index is 957. The Labute approximate surface area is 163 Å². The van der Waals surface area contributed by atoms with Crippen molar-refractivity contribution < 1.29 is 17.9 Å². The minimum Gasteiger partial charge on any atom is -0.496 e. The summed E-state index contributed by atoms with van der Waals surface area (Å²) in [6, 6.07) is 11.6. The molecular formula is C18H20ClN3O4S. The van der Waals surface area contributed by atoms with Crippen LogP contribution < -0.4 is 15.4 Å². The molecule has 0 spiro atoms. The molecule has 1 amide bonds. The topological polar surface area (TPSA) is 92.9 Å². The van der Waals surface area contributed by atoms with Gasteiger partial charge in [0.15, 0.2) is 0 Å². The zero-order chi connectivity index (χ0) is 19.6. The smallest absolute Gasteiger partial charge is 0.252 e. The van der Waals surface area contributed by atoms with E-state index in [1.165, 1.54) is 29.6 Å². The summed E-state index contributed by atoms with van der Waals surface area (Å²) in [5.74, 6) is -0.498. The van der Waals surface area contributed by atoms with E-state index in [2.05, 4.69) is 4.90 Å². The molecule has 2 N–H and O–H groups in total. The van der Waals surface area contributed by atoms with Crippen molar-refractivity contribution in [3.8, 4) is 5.75 Å². The van der Waals surface area contributed by atoms with Crippen LogP contribution in [0.3, 0.4) is 0 Å². The number of rotatable bonds is 5. The van der Waals surface area contributed by atoms with E-state index in [9.17, 15) is 13.2 Å². The largest absolute Gasteiger partial charge is 0.496 e. The van der Waals surface area contributed by atoms with Crippen LogP contribution in [0.15, 0.2) is 47.4 Å². The van der Waals surface area contributed by atoms with Crippen LogP contribution in [0.5, 0.6) is 5.75 Å². The monoisotopic (exact) mass is 409 g/mol. The lowest BCUT2D eigenvalue weighted by atomic mass is 10.2. The van der Waals surface area contributed by atoms with E-state index in [1.807, 2.05) is 18.2 Å². The Morgan fingerprint density at radius 2 is 1.81 bits per heavy atom. The van der Waals surface area contributed by atoms with E-state index in [1.54, 1.807) is 6.07 Å². The predicted molar refractivity (Wildman–Crippen MR) is 104 cm³/mol. The second-order valence-corrected chi connectivity index (χ2v) is 8.47. The third-order valence-corrected chi connectivity index (χ3v) is 6.62. The molecule has 0 atom stereocenters. The van der Waals surface area contributed by atoms with Crippen molar-refractivity contribution in [2.45, 2.75) is 4.90 Å². The Kier molecular flexibility index (Phi) is 5.59. The van der Waals surface area contributed by atoms with Crippen LogP contribution >= 0.6 is 11.6 Å². The molecule has 27 heavy (non-hydrogen) atoms.